The van der Waals surface area contributed by atoms with Crippen molar-refractivity contribution >= 4 is 17.5 Å². The van der Waals surface area contributed by atoms with Crippen LogP contribution in [0.15, 0.2) is 30.3 Å². The first-order valence-electron chi connectivity index (χ1n) is 7.37. The Labute approximate surface area is 129 Å². The highest BCUT2D eigenvalue weighted by molar-refractivity contribution is 6.09. The average molecular weight is 297 g/mol. The van der Waals surface area contributed by atoms with E-state index in [1.807, 2.05) is 19.9 Å². The van der Waals surface area contributed by atoms with Gasteiger partial charge in [-0.15, -0.1) is 0 Å². The molecule has 1 fully saturated rings. The summed E-state index contributed by atoms with van der Waals surface area (Å²) < 4.78 is 2.22. The summed E-state index contributed by atoms with van der Waals surface area (Å²) in [6, 6.07) is 9.18. The standard InChI is InChI=1S/C17H19N3O2/c1-10-9-14(11(2)20(10)12-7-8-12)17(22)19-15-6-4-3-5-13(15)16(18)21/h3-6,9,12H,7-8H2,1-2H3,(H2,18,21)(H,19,22). The van der Waals surface area contributed by atoms with E-state index in [9.17, 15) is 9.59 Å². The summed E-state index contributed by atoms with van der Waals surface area (Å²) in [4.78, 5) is 24.0. The maximum absolute atomic E-state index is 12.5. The molecule has 5 nitrogen and oxygen atoms in total. The fraction of sp³-hybridized carbons (Fsp3) is 0.294. The van der Waals surface area contributed by atoms with E-state index in [1.54, 1.807) is 24.3 Å². The van der Waals surface area contributed by atoms with Gasteiger partial charge in [-0.3, -0.25) is 9.59 Å². The van der Waals surface area contributed by atoms with Gasteiger partial charge in [-0.25, -0.2) is 0 Å². The number of nitrogens with one attached hydrogen (secondary N) is 1. The number of nitrogens with zero attached hydrogens (tertiary/aromatic N) is 1. The number of benzene rings is 1. The quantitative estimate of drug-likeness (QED) is 0.910. The third-order valence-electron chi connectivity index (χ3n) is 4.08. The normalized spacial score (nSPS) is 13.9. The summed E-state index contributed by atoms with van der Waals surface area (Å²) in [7, 11) is 0. The van der Waals surface area contributed by atoms with E-state index < -0.39 is 5.91 Å². The van der Waals surface area contributed by atoms with Crippen LogP contribution in [-0.4, -0.2) is 16.4 Å². The van der Waals surface area contributed by atoms with Crippen LogP contribution in [0.25, 0.3) is 0 Å². The molecule has 1 saturated carbocycles. The number of hydrogen-bond acceptors (Lipinski definition) is 2. The second-order valence-electron chi connectivity index (χ2n) is 5.75. The second-order valence-corrected chi connectivity index (χ2v) is 5.75. The largest absolute Gasteiger partial charge is 0.366 e. The number of anilines is 1. The molecule has 114 valence electrons. The zero-order valence-corrected chi connectivity index (χ0v) is 12.7. The van der Waals surface area contributed by atoms with Crippen LogP contribution in [-0.2, 0) is 0 Å². The number of carbonyl (C=O) groups is 2. The molecule has 1 aromatic carbocycles. The molecule has 0 unspecified atom stereocenters. The Balaban J connectivity index is 1.90. The van der Waals surface area contributed by atoms with E-state index >= 15 is 0 Å². The second kappa shape index (κ2) is 5.33. The van der Waals surface area contributed by atoms with Crippen LogP contribution in [0.2, 0.25) is 0 Å². The summed E-state index contributed by atoms with van der Waals surface area (Å²) in [5.41, 5.74) is 8.79. The Morgan fingerprint density at radius 2 is 1.86 bits per heavy atom. The molecule has 0 atom stereocenters. The molecule has 2 amide bonds. The van der Waals surface area contributed by atoms with E-state index in [-0.39, 0.29) is 5.91 Å². The summed E-state index contributed by atoms with van der Waals surface area (Å²) >= 11 is 0. The van der Waals surface area contributed by atoms with Crippen LogP contribution in [0.3, 0.4) is 0 Å². The number of aromatic nitrogens is 1. The lowest BCUT2D eigenvalue weighted by molar-refractivity contribution is 0.100. The van der Waals surface area contributed by atoms with E-state index in [2.05, 4.69) is 9.88 Å². The fourth-order valence-electron chi connectivity index (χ4n) is 2.90. The van der Waals surface area contributed by atoms with Gasteiger partial charge in [0, 0.05) is 17.4 Å². The van der Waals surface area contributed by atoms with Gasteiger partial charge in [0.25, 0.3) is 11.8 Å². The van der Waals surface area contributed by atoms with Gasteiger partial charge < -0.3 is 15.6 Å². The minimum Gasteiger partial charge on any atom is -0.366 e. The third kappa shape index (κ3) is 2.50. The van der Waals surface area contributed by atoms with Gasteiger partial charge in [-0.05, 0) is 44.9 Å². The molecular weight excluding hydrogens is 278 g/mol. The third-order valence-corrected chi connectivity index (χ3v) is 4.08. The van der Waals surface area contributed by atoms with Crippen molar-refractivity contribution in [3.05, 3.63) is 52.8 Å². The number of nitrogens with two attached hydrogens (primary N) is 1. The Bertz CT molecular complexity index is 757. The minimum absolute atomic E-state index is 0.214. The predicted octanol–water partition coefficient (Wildman–Crippen LogP) is 2.79. The smallest absolute Gasteiger partial charge is 0.257 e. The molecule has 3 rings (SSSR count). The number of rotatable bonds is 4. The molecular formula is C17H19N3O2. The fourth-order valence-corrected chi connectivity index (χ4v) is 2.90. The minimum atomic E-state index is -0.556. The molecule has 0 bridgehead atoms. The number of hydrogen-bond donors (Lipinski definition) is 2. The highest BCUT2D eigenvalue weighted by atomic mass is 16.2. The molecule has 1 heterocycles. The highest BCUT2D eigenvalue weighted by Crippen LogP contribution is 2.38. The number of aryl methyl sites for hydroxylation is 1. The first-order valence-corrected chi connectivity index (χ1v) is 7.37. The van der Waals surface area contributed by atoms with Crippen molar-refractivity contribution in [3.8, 4) is 0 Å². The summed E-state index contributed by atoms with van der Waals surface area (Å²) in [6.45, 7) is 3.97. The van der Waals surface area contributed by atoms with Crippen molar-refractivity contribution in [2.75, 3.05) is 5.32 Å². The lowest BCUT2D eigenvalue weighted by atomic mass is 10.1. The van der Waals surface area contributed by atoms with Crippen LogP contribution in [0.1, 0.15) is 51.0 Å². The van der Waals surface area contributed by atoms with Gasteiger partial charge in [0.05, 0.1) is 16.8 Å². The summed E-state index contributed by atoms with van der Waals surface area (Å²) in [5.74, 6) is -0.770. The first kappa shape index (κ1) is 14.4. The van der Waals surface area contributed by atoms with Gasteiger partial charge >= 0.3 is 0 Å². The SMILES string of the molecule is Cc1cc(C(=O)Nc2ccccc2C(N)=O)c(C)n1C1CC1. The molecule has 0 radical (unpaired) electrons. The lowest BCUT2D eigenvalue weighted by Gasteiger charge is -2.10. The van der Waals surface area contributed by atoms with Gasteiger partial charge in [-0.2, -0.15) is 0 Å². The number of primary amides is 1. The van der Waals surface area contributed by atoms with Gasteiger partial charge in [0.2, 0.25) is 0 Å². The van der Waals surface area contributed by atoms with E-state index in [0.29, 0.717) is 22.9 Å². The number of para-hydroxylation sites is 1. The van der Waals surface area contributed by atoms with E-state index in [1.165, 1.54) is 12.8 Å². The van der Waals surface area contributed by atoms with E-state index in [0.717, 1.165) is 11.4 Å². The molecule has 1 aliphatic carbocycles. The molecule has 22 heavy (non-hydrogen) atoms. The van der Waals surface area contributed by atoms with Crippen molar-refractivity contribution in [3.63, 3.8) is 0 Å². The molecule has 1 aromatic heterocycles. The topological polar surface area (TPSA) is 77.1 Å². The molecule has 3 N–H and O–H groups in total. The Kier molecular flexibility index (Phi) is 3.48. The van der Waals surface area contributed by atoms with Crippen molar-refractivity contribution < 1.29 is 9.59 Å². The molecule has 0 saturated heterocycles. The van der Waals surface area contributed by atoms with Gasteiger partial charge in [0.1, 0.15) is 0 Å². The lowest BCUT2D eigenvalue weighted by Crippen LogP contribution is -2.18. The predicted molar refractivity (Wildman–Crippen MR) is 85.1 cm³/mol. The molecule has 1 aliphatic rings. The Morgan fingerprint density at radius 3 is 2.50 bits per heavy atom. The van der Waals surface area contributed by atoms with Crippen LogP contribution >= 0.6 is 0 Å². The number of carbonyl (C=O) groups excluding carboxylic acids is 2. The summed E-state index contributed by atoms with van der Waals surface area (Å²) in [5, 5.41) is 2.80. The van der Waals surface area contributed by atoms with Crippen molar-refractivity contribution in [2.45, 2.75) is 32.7 Å². The monoisotopic (exact) mass is 297 g/mol. The molecule has 5 heteroatoms. The van der Waals surface area contributed by atoms with Crippen LogP contribution in [0, 0.1) is 13.8 Å². The van der Waals surface area contributed by atoms with Crippen molar-refractivity contribution in [1.29, 1.82) is 0 Å². The molecule has 2 aromatic rings. The first-order chi connectivity index (χ1) is 10.5. The van der Waals surface area contributed by atoms with Crippen LogP contribution in [0.5, 0.6) is 0 Å². The van der Waals surface area contributed by atoms with Gasteiger partial charge in [0.15, 0.2) is 0 Å². The highest BCUT2D eigenvalue weighted by Gasteiger charge is 2.28. The Hall–Kier alpha value is -2.56. The van der Waals surface area contributed by atoms with Crippen molar-refractivity contribution in [2.24, 2.45) is 5.73 Å². The maximum Gasteiger partial charge on any atom is 0.257 e. The summed E-state index contributed by atoms with van der Waals surface area (Å²) in [6.07, 6.45) is 2.34. The zero-order chi connectivity index (χ0) is 15.9. The maximum atomic E-state index is 12.5. The van der Waals surface area contributed by atoms with Crippen molar-refractivity contribution in [1.82, 2.24) is 4.57 Å². The average Bonchev–Trinajstić information content (AvgIpc) is 3.25. The van der Waals surface area contributed by atoms with Crippen LogP contribution in [0.4, 0.5) is 5.69 Å². The Morgan fingerprint density at radius 1 is 1.18 bits per heavy atom. The molecule has 0 spiro atoms. The zero-order valence-electron chi connectivity index (χ0n) is 12.7. The van der Waals surface area contributed by atoms with Crippen LogP contribution < -0.4 is 11.1 Å². The van der Waals surface area contributed by atoms with E-state index in [4.69, 9.17) is 5.73 Å². The molecule has 0 aliphatic heterocycles. The van der Waals surface area contributed by atoms with Gasteiger partial charge in [-0.1, -0.05) is 12.1 Å². The number of amides is 2.